The van der Waals surface area contributed by atoms with Crippen LogP contribution in [0.15, 0.2) is 60.9 Å². The van der Waals surface area contributed by atoms with E-state index in [9.17, 15) is 9.90 Å². The first kappa shape index (κ1) is 14.7. The third-order valence-electron chi connectivity index (χ3n) is 4.72. The third-order valence-corrected chi connectivity index (χ3v) is 4.72. The van der Waals surface area contributed by atoms with Gasteiger partial charge in [0.1, 0.15) is 0 Å². The quantitative estimate of drug-likeness (QED) is 0.788. The van der Waals surface area contributed by atoms with E-state index in [2.05, 4.69) is 23.2 Å². The Labute approximate surface area is 140 Å². The van der Waals surface area contributed by atoms with Crippen molar-refractivity contribution in [3.05, 3.63) is 77.7 Å². The van der Waals surface area contributed by atoms with E-state index in [0.717, 1.165) is 24.8 Å². The summed E-state index contributed by atoms with van der Waals surface area (Å²) in [5, 5.41) is 9.56. The number of carbonyl (C=O) groups is 1. The molecule has 1 heterocycles. The fourth-order valence-electron chi connectivity index (χ4n) is 3.65. The zero-order valence-electron chi connectivity index (χ0n) is 13.2. The lowest BCUT2D eigenvalue weighted by atomic mass is 9.87. The average molecular weight is 318 g/mol. The zero-order chi connectivity index (χ0) is 16.5. The summed E-state index contributed by atoms with van der Waals surface area (Å²) < 4.78 is 2.04. The van der Waals surface area contributed by atoms with Gasteiger partial charge in [-0.3, -0.25) is 0 Å². The fourth-order valence-corrected chi connectivity index (χ4v) is 3.65. The Morgan fingerprint density at radius 3 is 2.62 bits per heavy atom. The van der Waals surface area contributed by atoms with Crippen LogP contribution >= 0.6 is 0 Å². The van der Waals surface area contributed by atoms with Crippen LogP contribution in [0.1, 0.15) is 40.5 Å². The summed E-state index contributed by atoms with van der Waals surface area (Å²) in [6.07, 6.45) is 4.84. The number of carboxylic acid groups (broad SMARTS) is 1. The number of hydrogen-bond donors (Lipinski definition) is 1. The van der Waals surface area contributed by atoms with Crippen LogP contribution < -0.4 is 0 Å². The molecule has 0 radical (unpaired) electrons. The minimum Gasteiger partial charge on any atom is -0.476 e. The van der Waals surface area contributed by atoms with E-state index >= 15 is 0 Å². The lowest BCUT2D eigenvalue weighted by molar-refractivity contribution is 0.0692. The molecule has 4 heteroatoms. The topological polar surface area (TPSA) is 55.1 Å². The van der Waals surface area contributed by atoms with Gasteiger partial charge in [0.2, 0.25) is 0 Å². The Morgan fingerprint density at radius 2 is 1.83 bits per heavy atom. The molecule has 0 fully saturated rings. The van der Waals surface area contributed by atoms with Gasteiger partial charge >= 0.3 is 5.97 Å². The van der Waals surface area contributed by atoms with Gasteiger partial charge in [0.15, 0.2) is 5.69 Å². The second-order valence-corrected chi connectivity index (χ2v) is 6.13. The number of nitrogens with zero attached hydrogens (tertiary/aromatic N) is 2. The molecule has 3 aromatic rings. The van der Waals surface area contributed by atoms with Gasteiger partial charge in [0.05, 0.1) is 18.1 Å². The van der Waals surface area contributed by atoms with Crippen molar-refractivity contribution in [2.24, 2.45) is 0 Å². The number of hydrogen-bond acceptors (Lipinski definition) is 2. The summed E-state index contributed by atoms with van der Waals surface area (Å²) in [5.74, 6) is -0.989. The molecule has 0 amide bonds. The lowest BCUT2D eigenvalue weighted by Gasteiger charge is -2.28. The second-order valence-electron chi connectivity index (χ2n) is 6.13. The van der Waals surface area contributed by atoms with Crippen molar-refractivity contribution in [3.8, 4) is 11.3 Å². The lowest BCUT2D eigenvalue weighted by Crippen LogP contribution is -2.18. The van der Waals surface area contributed by atoms with E-state index < -0.39 is 5.97 Å². The Morgan fingerprint density at radius 1 is 1.08 bits per heavy atom. The van der Waals surface area contributed by atoms with Crippen LogP contribution in [0.4, 0.5) is 0 Å². The molecule has 0 saturated carbocycles. The maximum atomic E-state index is 11.7. The number of imidazole rings is 1. The van der Waals surface area contributed by atoms with Crippen LogP contribution in [-0.4, -0.2) is 20.6 Å². The Kier molecular flexibility index (Phi) is 3.65. The van der Waals surface area contributed by atoms with Crippen LogP contribution in [0.2, 0.25) is 0 Å². The molecule has 24 heavy (non-hydrogen) atoms. The molecule has 0 spiro atoms. The SMILES string of the molecule is O=C(O)c1ncn([C@@H]2CCCc3ccccc32)c1-c1ccccc1. The normalized spacial score (nSPS) is 16.6. The highest BCUT2D eigenvalue weighted by Gasteiger charge is 2.27. The zero-order valence-corrected chi connectivity index (χ0v) is 13.2. The van der Waals surface area contributed by atoms with Crippen molar-refractivity contribution in [3.63, 3.8) is 0 Å². The summed E-state index contributed by atoms with van der Waals surface area (Å²) in [6.45, 7) is 0. The third kappa shape index (κ3) is 2.40. The summed E-state index contributed by atoms with van der Waals surface area (Å²) in [5.41, 5.74) is 4.30. The summed E-state index contributed by atoms with van der Waals surface area (Å²) in [6, 6.07) is 18.2. The number of benzene rings is 2. The number of aromatic carboxylic acids is 1. The molecule has 0 saturated heterocycles. The standard InChI is InChI=1S/C20H18N2O2/c23-20(24)18-19(15-8-2-1-3-9-15)22(13-21-18)17-12-6-10-14-7-4-5-11-16(14)17/h1-5,7-9,11,13,17H,6,10,12H2,(H,23,24)/t17-/m1/s1. The van der Waals surface area contributed by atoms with Crippen LogP contribution in [0.3, 0.4) is 0 Å². The van der Waals surface area contributed by atoms with Gasteiger partial charge in [-0.1, -0.05) is 54.6 Å². The number of carboxylic acids is 1. The van der Waals surface area contributed by atoms with Crippen molar-refractivity contribution in [2.45, 2.75) is 25.3 Å². The average Bonchev–Trinajstić information content (AvgIpc) is 3.07. The van der Waals surface area contributed by atoms with E-state index in [1.165, 1.54) is 11.1 Å². The highest BCUT2D eigenvalue weighted by molar-refractivity contribution is 5.93. The monoisotopic (exact) mass is 318 g/mol. The number of rotatable bonds is 3. The minimum absolute atomic E-state index is 0.115. The molecule has 1 aliphatic rings. The smallest absolute Gasteiger partial charge is 0.356 e. The summed E-state index contributed by atoms with van der Waals surface area (Å²) in [4.78, 5) is 15.9. The molecule has 1 aliphatic carbocycles. The van der Waals surface area contributed by atoms with Gasteiger partial charge in [-0.25, -0.2) is 9.78 Å². The highest BCUT2D eigenvalue weighted by Crippen LogP contribution is 2.36. The number of aryl methyl sites for hydroxylation is 1. The molecular weight excluding hydrogens is 300 g/mol. The first-order valence-corrected chi connectivity index (χ1v) is 8.19. The van der Waals surface area contributed by atoms with E-state index in [4.69, 9.17) is 0 Å². The predicted octanol–water partition coefficient (Wildman–Crippen LogP) is 4.17. The maximum absolute atomic E-state index is 11.7. The van der Waals surface area contributed by atoms with Crippen LogP contribution in [0, 0.1) is 0 Å². The summed E-state index contributed by atoms with van der Waals surface area (Å²) >= 11 is 0. The Balaban J connectivity index is 1.90. The van der Waals surface area contributed by atoms with Crippen LogP contribution in [0.5, 0.6) is 0 Å². The van der Waals surface area contributed by atoms with Gasteiger partial charge in [-0.05, 0) is 30.4 Å². The number of aromatic nitrogens is 2. The van der Waals surface area contributed by atoms with Crippen molar-refractivity contribution in [1.29, 1.82) is 0 Å². The van der Waals surface area contributed by atoms with Gasteiger partial charge in [-0.2, -0.15) is 0 Å². The second kappa shape index (κ2) is 5.96. The predicted molar refractivity (Wildman–Crippen MR) is 92.1 cm³/mol. The van der Waals surface area contributed by atoms with Crippen molar-refractivity contribution in [2.75, 3.05) is 0 Å². The van der Waals surface area contributed by atoms with E-state index in [0.29, 0.717) is 5.69 Å². The summed E-state index contributed by atoms with van der Waals surface area (Å²) in [7, 11) is 0. The molecule has 2 aromatic carbocycles. The van der Waals surface area contributed by atoms with Crippen LogP contribution in [0.25, 0.3) is 11.3 Å². The molecule has 0 aliphatic heterocycles. The van der Waals surface area contributed by atoms with E-state index in [-0.39, 0.29) is 11.7 Å². The van der Waals surface area contributed by atoms with Crippen LogP contribution in [-0.2, 0) is 6.42 Å². The molecule has 1 atom stereocenters. The van der Waals surface area contributed by atoms with E-state index in [1.807, 2.05) is 41.0 Å². The van der Waals surface area contributed by atoms with Crippen molar-refractivity contribution in [1.82, 2.24) is 9.55 Å². The molecular formula is C20H18N2O2. The largest absolute Gasteiger partial charge is 0.476 e. The molecule has 0 unspecified atom stereocenters. The Bertz CT molecular complexity index is 884. The molecule has 4 nitrogen and oxygen atoms in total. The van der Waals surface area contributed by atoms with Gasteiger partial charge < -0.3 is 9.67 Å². The van der Waals surface area contributed by atoms with E-state index in [1.54, 1.807) is 6.33 Å². The van der Waals surface area contributed by atoms with Gasteiger partial charge in [-0.15, -0.1) is 0 Å². The molecule has 1 aromatic heterocycles. The molecule has 120 valence electrons. The van der Waals surface area contributed by atoms with Gasteiger partial charge in [0, 0.05) is 5.56 Å². The van der Waals surface area contributed by atoms with Crippen molar-refractivity contribution >= 4 is 5.97 Å². The van der Waals surface area contributed by atoms with Gasteiger partial charge in [0.25, 0.3) is 0 Å². The minimum atomic E-state index is -0.989. The number of fused-ring (bicyclic) bond motifs is 1. The maximum Gasteiger partial charge on any atom is 0.356 e. The molecule has 4 rings (SSSR count). The first-order valence-electron chi connectivity index (χ1n) is 8.19. The highest BCUT2D eigenvalue weighted by atomic mass is 16.4. The molecule has 0 bridgehead atoms. The van der Waals surface area contributed by atoms with Crippen molar-refractivity contribution < 1.29 is 9.90 Å². The molecule has 1 N–H and O–H groups in total. The first-order chi connectivity index (χ1) is 11.8. The Hall–Kier alpha value is -2.88. The fraction of sp³-hybridized carbons (Fsp3) is 0.200.